The smallest absolute Gasteiger partial charge is 0.270 e. The van der Waals surface area contributed by atoms with Gasteiger partial charge in [-0.1, -0.05) is 12.1 Å². The lowest BCUT2D eigenvalue weighted by Crippen LogP contribution is -2.25. The molecule has 0 saturated carbocycles. The molecule has 1 aromatic carbocycles. The molecule has 3 aromatic rings. The molecule has 2 heterocycles. The summed E-state index contributed by atoms with van der Waals surface area (Å²) in [7, 11) is 0. The summed E-state index contributed by atoms with van der Waals surface area (Å²) in [5, 5.41) is 10.7. The van der Waals surface area contributed by atoms with Crippen molar-refractivity contribution in [1.82, 2.24) is 25.5 Å². The van der Waals surface area contributed by atoms with Crippen molar-refractivity contribution in [3.63, 3.8) is 0 Å². The number of aromatic nitrogens is 4. The number of nitrogens with one attached hydrogen (secondary N) is 2. The summed E-state index contributed by atoms with van der Waals surface area (Å²) in [6.45, 7) is 2.16. The zero-order valence-electron chi connectivity index (χ0n) is 13.2. The summed E-state index contributed by atoms with van der Waals surface area (Å²) in [6.07, 6.45) is 0.472. The van der Waals surface area contributed by atoms with Gasteiger partial charge in [0.15, 0.2) is 0 Å². The minimum absolute atomic E-state index is 0.160. The Kier molecular flexibility index (Phi) is 4.60. The Bertz CT molecular complexity index is 918. The van der Waals surface area contributed by atoms with Gasteiger partial charge in [0.25, 0.3) is 5.56 Å². The first-order valence-electron chi connectivity index (χ1n) is 7.65. The monoisotopic (exact) mass is 323 g/mol. The van der Waals surface area contributed by atoms with E-state index in [1.54, 1.807) is 6.07 Å². The SMILES string of the molecule is Cc1ccc(CNC(=O)CCc2nc3ccccc3[nH]c2=O)nn1. The Morgan fingerprint density at radius 3 is 2.79 bits per heavy atom. The molecule has 0 unspecified atom stereocenters. The number of para-hydroxylation sites is 2. The second kappa shape index (κ2) is 6.99. The minimum atomic E-state index is -0.258. The fourth-order valence-electron chi connectivity index (χ4n) is 2.27. The molecule has 0 spiro atoms. The Morgan fingerprint density at radius 1 is 1.17 bits per heavy atom. The first-order valence-corrected chi connectivity index (χ1v) is 7.65. The van der Waals surface area contributed by atoms with Crippen molar-refractivity contribution in [2.45, 2.75) is 26.3 Å². The Balaban J connectivity index is 1.59. The maximum Gasteiger partial charge on any atom is 0.270 e. The summed E-state index contributed by atoms with van der Waals surface area (Å²) < 4.78 is 0. The molecule has 0 aliphatic rings. The van der Waals surface area contributed by atoms with E-state index in [-0.39, 0.29) is 24.3 Å². The molecule has 24 heavy (non-hydrogen) atoms. The minimum Gasteiger partial charge on any atom is -0.350 e. The molecule has 0 saturated heterocycles. The van der Waals surface area contributed by atoms with Crippen molar-refractivity contribution in [3.8, 4) is 0 Å². The number of hydrogen-bond acceptors (Lipinski definition) is 5. The molecule has 0 radical (unpaired) electrons. The predicted molar refractivity (Wildman–Crippen MR) is 89.3 cm³/mol. The maximum atomic E-state index is 12.0. The van der Waals surface area contributed by atoms with Crippen LogP contribution in [0.2, 0.25) is 0 Å². The van der Waals surface area contributed by atoms with E-state index in [0.29, 0.717) is 29.0 Å². The third kappa shape index (κ3) is 3.81. The van der Waals surface area contributed by atoms with E-state index in [1.165, 1.54) is 0 Å². The van der Waals surface area contributed by atoms with Gasteiger partial charge >= 0.3 is 0 Å². The molecule has 0 atom stereocenters. The van der Waals surface area contributed by atoms with Crippen LogP contribution in [-0.4, -0.2) is 26.1 Å². The van der Waals surface area contributed by atoms with Gasteiger partial charge in [-0.15, -0.1) is 0 Å². The normalized spacial score (nSPS) is 10.7. The third-order valence-electron chi connectivity index (χ3n) is 3.58. The number of hydrogen-bond donors (Lipinski definition) is 2. The average molecular weight is 323 g/mol. The van der Waals surface area contributed by atoms with E-state index in [9.17, 15) is 9.59 Å². The van der Waals surface area contributed by atoms with Crippen LogP contribution in [-0.2, 0) is 17.8 Å². The van der Waals surface area contributed by atoms with E-state index in [2.05, 4.69) is 25.5 Å². The van der Waals surface area contributed by atoms with Crippen LogP contribution in [0.4, 0.5) is 0 Å². The average Bonchev–Trinajstić information content (AvgIpc) is 2.59. The number of rotatable bonds is 5. The molecule has 3 rings (SSSR count). The summed E-state index contributed by atoms with van der Waals surface area (Å²) in [5.41, 5.74) is 3.02. The van der Waals surface area contributed by atoms with Crippen LogP contribution in [0.1, 0.15) is 23.5 Å². The molecule has 122 valence electrons. The fourth-order valence-corrected chi connectivity index (χ4v) is 2.27. The number of aryl methyl sites for hydroxylation is 2. The topological polar surface area (TPSA) is 101 Å². The summed E-state index contributed by atoms with van der Waals surface area (Å²) in [6, 6.07) is 11.0. The number of H-pyrrole nitrogens is 1. The summed E-state index contributed by atoms with van der Waals surface area (Å²) in [5.74, 6) is -0.160. The van der Waals surface area contributed by atoms with Crippen LogP contribution >= 0.6 is 0 Å². The van der Waals surface area contributed by atoms with Crippen LogP contribution in [0.3, 0.4) is 0 Å². The van der Waals surface area contributed by atoms with Crippen molar-refractivity contribution in [1.29, 1.82) is 0 Å². The quantitative estimate of drug-likeness (QED) is 0.736. The molecule has 0 bridgehead atoms. The first kappa shape index (κ1) is 15.8. The highest BCUT2D eigenvalue weighted by atomic mass is 16.1. The van der Waals surface area contributed by atoms with Gasteiger partial charge in [0, 0.05) is 12.8 Å². The molecule has 0 aliphatic carbocycles. The predicted octanol–water partition coefficient (Wildman–Crippen LogP) is 1.27. The second-order valence-corrected chi connectivity index (χ2v) is 5.47. The van der Waals surface area contributed by atoms with Gasteiger partial charge < -0.3 is 10.3 Å². The molecule has 0 aliphatic heterocycles. The number of carbonyl (C=O) groups excluding carboxylic acids is 1. The Hall–Kier alpha value is -3.09. The third-order valence-corrected chi connectivity index (χ3v) is 3.58. The standard InChI is InChI=1S/C17H17N5O2/c1-11-6-7-12(22-21-11)10-18-16(23)9-8-15-17(24)20-14-5-3-2-4-13(14)19-15/h2-7H,8-10H2,1H3,(H,18,23)(H,20,24). The van der Waals surface area contributed by atoms with Crippen molar-refractivity contribution in [2.24, 2.45) is 0 Å². The van der Waals surface area contributed by atoms with Crippen LogP contribution < -0.4 is 10.9 Å². The number of benzene rings is 1. The van der Waals surface area contributed by atoms with Gasteiger partial charge in [-0.2, -0.15) is 10.2 Å². The van der Waals surface area contributed by atoms with Crippen molar-refractivity contribution < 1.29 is 4.79 Å². The Morgan fingerprint density at radius 2 is 2.00 bits per heavy atom. The van der Waals surface area contributed by atoms with E-state index in [0.717, 1.165) is 5.69 Å². The van der Waals surface area contributed by atoms with Crippen LogP contribution in [0, 0.1) is 6.92 Å². The summed E-state index contributed by atoms with van der Waals surface area (Å²) >= 11 is 0. The van der Waals surface area contributed by atoms with Crippen molar-refractivity contribution in [2.75, 3.05) is 0 Å². The molecule has 7 heteroatoms. The zero-order valence-corrected chi connectivity index (χ0v) is 13.2. The maximum absolute atomic E-state index is 12.0. The lowest BCUT2D eigenvalue weighted by atomic mass is 10.2. The van der Waals surface area contributed by atoms with Gasteiger partial charge in [-0.05, 0) is 31.2 Å². The molecule has 1 amide bonds. The molecule has 2 N–H and O–H groups in total. The van der Waals surface area contributed by atoms with Crippen LogP contribution in [0.15, 0.2) is 41.2 Å². The highest BCUT2D eigenvalue weighted by molar-refractivity contribution is 5.76. The number of aromatic amines is 1. The van der Waals surface area contributed by atoms with E-state index < -0.39 is 0 Å². The van der Waals surface area contributed by atoms with Gasteiger partial charge in [0.2, 0.25) is 5.91 Å². The van der Waals surface area contributed by atoms with Gasteiger partial charge in [-0.3, -0.25) is 9.59 Å². The highest BCUT2D eigenvalue weighted by Gasteiger charge is 2.08. The lowest BCUT2D eigenvalue weighted by Gasteiger charge is -2.05. The number of nitrogens with zero attached hydrogens (tertiary/aromatic N) is 3. The number of amides is 1. The zero-order chi connectivity index (χ0) is 16.9. The van der Waals surface area contributed by atoms with Crippen molar-refractivity contribution in [3.05, 3.63) is 63.8 Å². The van der Waals surface area contributed by atoms with E-state index in [4.69, 9.17) is 0 Å². The number of fused-ring (bicyclic) bond motifs is 1. The molecular weight excluding hydrogens is 306 g/mol. The van der Waals surface area contributed by atoms with Crippen molar-refractivity contribution >= 4 is 16.9 Å². The van der Waals surface area contributed by atoms with Gasteiger partial charge in [-0.25, -0.2) is 4.98 Å². The molecule has 0 fully saturated rings. The van der Waals surface area contributed by atoms with E-state index >= 15 is 0 Å². The Labute approximate surface area is 138 Å². The summed E-state index contributed by atoms with van der Waals surface area (Å²) in [4.78, 5) is 31.0. The number of carbonyl (C=O) groups is 1. The lowest BCUT2D eigenvalue weighted by molar-refractivity contribution is -0.121. The first-order chi connectivity index (χ1) is 11.6. The molecular formula is C17H17N5O2. The van der Waals surface area contributed by atoms with Gasteiger partial charge in [0.05, 0.1) is 29.0 Å². The molecule has 2 aromatic heterocycles. The van der Waals surface area contributed by atoms with Crippen LogP contribution in [0.5, 0.6) is 0 Å². The van der Waals surface area contributed by atoms with E-state index in [1.807, 2.05) is 37.3 Å². The van der Waals surface area contributed by atoms with Gasteiger partial charge in [0.1, 0.15) is 5.69 Å². The molecule has 7 nitrogen and oxygen atoms in total. The van der Waals surface area contributed by atoms with Crippen LogP contribution in [0.25, 0.3) is 11.0 Å². The second-order valence-electron chi connectivity index (χ2n) is 5.47. The fraction of sp³-hybridized carbons (Fsp3) is 0.235. The highest BCUT2D eigenvalue weighted by Crippen LogP contribution is 2.06. The largest absolute Gasteiger partial charge is 0.350 e.